The van der Waals surface area contributed by atoms with Crippen molar-refractivity contribution in [3.8, 4) is 0 Å². The summed E-state index contributed by atoms with van der Waals surface area (Å²) >= 11 is 0. The number of carbonyl (C=O) groups excluding carboxylic acids is 1. The molecule has 144 valence electrons. The second-order valence-electron chi connectivity index (χ2n) is 7.19. The van der Waals surface area contributed by atoms with Crippen molar-refractivity contribution in [2.24, 2.45) is 0 Å². The first-order valence-electron chi connectivity index (χ1n) is 9.18. The van der Waals surface area contributed by atoms with E-state index in [2.05, 4.69) is 4.57 Å². The van der Waals surface area contributed by atoms with Gasteiger partial charge in [-0.15, -0.1) is 0 Å². The molecule has 0 saturated carbocycles. The van der Waals surface area contributed by atoms with Crippen molar-refractivity contribution in [2.45, 2.75) is 24.4 Å². The fourth-order valence-corrected chi connectivity index (χ4v) is 4.45. The molecule has 6 heteroatoms. The highest BCUT2D eigenvalue weighted by atomic mass is 32.2. The lowest BCUT2D eigenvalue weighted by Gasteiger charge is -2.37. The lowest BCUT2D eigenvalue weighted by atomic mass is 9.98. The molecule has 0 N–H and O–H groups in total. The van der Waals surface area contributed by atoms with Gasteiger partial charge >= 0.3 is 0 Å². The van der Waals surface area contributed by atoms with Crippen molar-refractivity contribution in [1.29, 1.82) is 0 Å². The summed E-state index contributed by atoms with van der Waals surface area (Å²) < 4.78 is 26.1. The summed E-state index contributed by atoms with van der Waals surface area (Å²) in [5.41, 5.74) is 3.30. The molecule has 2 heterocycles. The highest BCUT2D eigenvalue weighted by molar-refractivity contribution is 7.90. The third-order valence-corrected chi connectivity index (χ3v) is 6.39. The van der Waals surface area contributed by atoms with E-state index in [-0.39, 0.29) is 16.8 Å². The van der Waals surface area contributed by atoms with Crippen LogP contribution in [-0.2, 0) is 16.4 Å². The molecule has 1 atom stereocenters. The van der Waals surface area contributed by atoms with Crippen LogP contribution in [0.15, 0.2) is 71.8 Å². The zero-order chi connectivity index (χ0) is 19.9. The fraction of sp³-hybridized carbons (Fsp3) is 0.227. The molecule has 0 fully saturated rings. The van der Waals surface area contributed by atoms with Gasteiger partial charge in [-0.3, -0.25) is 4.79 Å². The summed E-state index contributed by atoms with van der Waals surface area (Å²) in [6.45, 7) is 3.11. The summed E-state index contributed by atoms with van der Waals surface area (Å²) in [6, 6.07) is 18.5. The van der Waals surface area contributed by atoms with Gasteiger partial charge in [0.15, 0.2) is 9.84 Å². The maximum Gasteiger partial charge on any atom is 0.255 e. The van der Waals surface area contributed by atoms with Crippen molar-refractivity contribution in [3.63, 3.8) is 0 Å². The van der Waals surface area contributed by atoms with E-state index >= 15 is 0 Å². The van der Waals surface area contributed by atoms with Crippen LogP contribution in [0.1, 0.15) is 33.2 Å². The summed E-state index contributed by atoms with van der Waals surface area (Å²) in [6.07, 6.45) is 3.19. The van der Waals surface area contributed by atoms with E-state index in [1.165, 1.54) is 6.07 Å². The van der Waals surface area contributed by atoms with Gasteiger partial charge in [-0.05, 0) is 42.3 Å². The summed E-state index contributed by atoms with van der Waals surface area (Å²) in [5.74, 6) is -0.149. The highest BCUT2D eigenvalue weighted by Gasteiger charge is 2.33. The third kappa shape index (κ3) is 3.24. The van der Waals surface area contributed by atoms with E-state index in [0.29, 0.717) is 18.7 Å². The van der Waals surface area contributed by atoms with Crippen LogP contribution >= 0.6 is 0 Å². The van der Waals surface area contributed by atoms with E-state index in [9.17, 15) is 13.2 Å². The summed E-state index contributed by atoms with van der Waals surface area (Å²) in [7, 11) is -3.39. The second kappa shape index (κ2) is 6.95. The molecule has 28 heavy (non-hydrogen) atoms. The van der Waals surface area contributed by atoms with Gasteiger partial charge in [0.2, 0.25) is 0 Å². The van der Waals surface area contributed by atoms with Crippen molar-refractivity contribution >= 4 is 15.7 Å². The third-order valence-electron chi connectivity index (χ3n) is 5.28. The van der Waals surface area contributed by atoms with Crippen LogP contribution in [0.2, 0.25) is 0 Å². The van der Waals surface area contributed by atoms with Crippen molar-refractivity contribution in [2.75, 3.05) is 12.8 Å². The quantitative estimate of drug-likeness (QED) is 0.684. The number of hydrogen-bond acceptors (Lipinski definition) is 3. The monoisotopic (exact) mass is 394 g/mol. The molecule has 0 saturated heterocycles. The van der Waals surface area contributed by atoms with Gasteiger partial charge in [-0.25, -0.2) is 8.42 Å². The van der Waals surface area contributed by atoms with Gasteiger partial charge in [0.05, 0.1) is 10.9 Å². The Morgan fingerprint density at radius 2 is 1.75 bits per heavy atom. The summed E-state index contributed by atoms with van der Waals surface area (Å²) in [4.78, 5) is 15.5. The van der Waals surface area contributed by atoms with Gasteiger partial charge in [0, 0.05) is 36.8 Å². The van der Waals surface area contributed by atoms with Crippen molar-refractivity contribution in [1.82, 2.24) is 9.47 Å². The number of amides is 1. The number of fused-ring (bicyclic) bond motifs is 1. The zero-order valence-corrected chi connectivity index (χ0v) is 16.7. The molecular weight excluding hydrogens is 372 g/mol. The molecule has 1 aliphatic heterocycles. The molecule has 2 aromatic carbocycles. The van der Waals surface area contributed by atoms with Gasteiger partial charge in [0.25, 0.3) is 5.91 Å². The predicted molar refractivity (Wildman–Crippen MR) is 108 cm³/mol. The standard InChI is InChI=1S/C22H22N2O3S/c1-16-10-11-18(28(2,26)27)15-19(16)22(25)24-14-13-23-12-6-9-20(23)21(24)17-7-4-3-5-8-17/h3-12,15,21H,13-14H2,1-2H3/t21-/m1/s1. The Labute approximate surface area is 165 Å². The average Bonchev–Trinajstić information content (AvgIpc) is 3.15. The molecule has 3 aromatic rings. The fourth-order valence-electron chi connectivity index (χ4n) is 3.81. The first kappa shape index (κ1) is 18.5. The molecule has 0 aliphatic carbocycles. The normalized spacial score (nSPS) is 16.6. The van der Waals surface area contributed by atoms with E-state index in [1.54, 1.807) is 12.1 Å². The van der Waals surface area contributed by atoms with E-state index < -0.39 is 9.84 Å². The lowest BCUT2D eigenvalue weighted by Crippen LogP contribution is -2.42. The van der Waals surface area contributed by atoms with Crippen LogP contribution in [0, 0.1) is 6.92 Å². The largest absolute Gasteiger partial charge is 0.348 e. The van der Waals surface area contributed by atoms with Crippen molar-refractivity contribution in [3.05, 3.63) is 89.2 Å². The number of hydrogen-bond donors (Lipinski definition) is 0. The van der Waals surface area contributed by atoms with Crippen LogP contribution in [0.5, 0.6) is 0 Å². The maximum absolute atomic E-state index is 13.5. The Kier molecular flexibility index (Phi) is 4.59. The lowest BCUT2D eigenvalue weighted by molar-refractivity contribution is 0.0663. The number of benzene rings is 2. The Bertz CT molecular complexity index is 1130. The Morgan fingerprint density at radius 1 is 1.00 bits per heavy atom. The van der Waals surface area contributed by atoms with Crippen LogP contribution < -0.4 is 0 Å². The summed E-state index contributed by atoms with van der Waals surface area (Å²) in [5, 5.41) is 0. The van der Waals surface area contributed by atoms with Crippen LogP contribution in [0.4, 0.5) is 0 Å². The number of aromatic nitrogens is 1. The number of nitrogens with zero attached hydrogens (tertiary/aromatic N) is 2. The Hall–Kier alpha value is -2.86. The molecule has 4 rings (SSSR count). The topological polar surface area (TPSA) is 59.4 Å². The van der Waals surface area contributed by atoms with Gasteiger partial charge in [-0.1, -0.05) is 36.4 Å². The van der Waals surface area contributed by atoms with Crippen LogP contribution in [-0.4, -0.2) is 36.6 Å². The first-order chi connectivity index (χ1) is 13.4. The molecule has 1 aliphatic rings. The molecule has 0 bridgehead atoms. The number of aryl methyl sites for hydroxylation is 1. The van der Waals surface area contributed by atoms with Crippen LogP contribution in [0.25, 0.3) is 0 Å². The minimum absolute atomic E-state index is 0.149. The predicted octanol–water partition coefficient (Wildman–Crippen LogP) is 3.45. The molecule has 1 amide bonds. The zero-order valence-electron chi connectivity index (χ0n) is 15.9. The SMILES string of the molecule is Cc1ccc(S(C)(=O)=O)cc1C(=O)N1CCn2cccc2[C@H]1c1ccccc1. The number of carbonyl (C=O) groups is 1. The molecule has 0 spiro atoms. The molecule has 0 radical (unpaired) electrons. The van der Waals surface area contributed by atoms with Crippen LogP contribution in [0.3, 0.4) is 0 Å². The molecule has 0 unspecified atom stereocenters. The Balaban J connectivity index is 1.81. The maximum atomic E-state index is 13.5. The van der Waals surface area contributed by atoms with Gasteiger partial charge in [0.1, 0.15) is 0 Å². The highest BCUT2D eigenvalue weighted by Crippen LogP contribution is 2.34. The molecule has 5 nitrogen and oxygen atoms in total. The Morgan fingerprint density at radius 3 is 2.46 bits per heavy atom. The average molecular weight is 394 g/mol. The van der Waals surface area contributed by atoms with E-state index in [0.717, 1.165) is 23.1 Å². The van der Waals surface area contributed by atoms with E-state index in [1.807, 2.05) is 60.5 Å². The molecule has 1 aromatic heterocycles. The second-order valence-corrected chi connectivity index (χ2v) is 9.20. The first-order valence-corrected chi connectivity index (χ1v) is 11.1. The molecular formula is C22H22N2O3S. The van der Waals surface area contributed by atoms with E-state index in [4.69, 9.17) is 0 Å². The van der Waals surface area contributed by atoms with Gasteiger partial charge in [-0.2, -0.15) is 0 Å². The van der Waals surface area contributed by atoms with Crippen molar-refractivity contribution < 1.29 is 13.2 Å². The minimum atomic E-state index is -3.39. The minimum Gasteiger partial charge on any atom is -0.348 e. The van der Waals surface area contributed by atoms with Gasteiger partial charge < -0.3 is 9.47 Å². The number of sulfone groups is 1. The smallest absolute Gasteiger partial charge is 0.255 e. The number of rotatable bonds is 3.